The van der Waals surface area contributed by atoms with Gasteiger partial charge in [-0.15, -0.1) is 0 Å². The van der Waals surface area contributed by atoms with Crippen molar-refractivity contribution in [1.29, 1.82) is 0 Å². The lowest BCUT2D eigenvalue weighted by molar-refractivity contribution is -0.120. The second kappa shape index (κ2) is 9.30. The largest absolute Gasteiger partial charge is 0.493 e. The Morgan fingerprint density at radius 3 is 2.27 bits per heavy atom. The summed E-state index contributed by atoms with van der Waals surface area (Å²) in [5.74, 6) is 0.520. The van der Waals surface area contributed by atoms with Crippen LogP contribution in [0.15, 0.2) is 41.4 Å². The zero-order chi connectivity index (χ0) is 21.7. The van der Waals surface area contributed by atoms with E-state index < -0.39 is 5.91 Å². The van der Waals surface area contributed by atoms with Gasteiger partial charge in [0.05, 0.1) is 33.8 Å². The van der Waals surface area contributed by atoms with Crippen LogP contribution in [0.25, 0.3) is 0 Å². The number of ether oxygens (including phenoxy) is 3. The smallest absolute Gasteiger partial charge is 0.258 e. The number of aryl methyl sites for hydroxylation is 1. The third kappa shape index (κ3) is 4.53. The number of methoxy groups -OCH3 is 3. The van der Waals surface area contributed by atoms with Gasteiger partial charge in [-0.1, -0.05) is 31.2 Å². The molecular weight excluding hydrogens is 386 g/mol. The number of carbonyl (C=O) groups is 2. The summed E-state index contributed by atoms with van der Waals surface area (Å²) >= 11 is 0. The first-order valence-electron chi connectivity index (χ1n) is 9.56. The van der Waals surface area contributed by atoms with Crippen LogP contribution in [0.5, 0.6) is 17.2 Å². The van der Waals surface area contributed by atoms with Crippen LogP contribution >= 0.6 is 0 Å². The van der Waals surface area contributed by atoms with Crippen molar-refractivity contribution in [1.82, 2.24) is 10.6 Å². The van der Waals surface area contributed by atoms with Gasteiger partial charge in [0.2, 0.25) is 17.6 Å². The molecule has 2 amide bonds. The zero-order valence-electron chi connectivity index (χ0n) is 17.4. The summed E-state index contributed by atoms with van der Waals surface area (Å²) < 4.78 is 15.8. The number of amides is 2. The fraction of sp³-hybridized carbons (Fsp3) is 0.318. The van der Waals surface area contributed by atoms with Crippen LogP contribution in [-0.4, -0.2) is 39.1 Å². The van der Waals surface area contributed by atoms with Gasteiger partial charge in [0.15, 0.2) is 11.5 Å². The molecule has 30 heavy (non-hydrogen) atoms. The first-order chi connectivity index (χ1) is 14.5. The molecule has 2 aromatic rings. The highest BCUT2D eigenvalue weighted by atomic mass is 16.5. The molecule has 1 heterocycles. The minimum atomic E-state index is -0.463. The highest BCUT2D eigenvalue weighted by molar-refractivity contribution is 6.11. The van der Waals surface area contributed by atoms with Crippen molar-refractivity contribution in [3.05, 3.63) is 53.1 Å². The van der Waals surface area contributed by atoms with Crippen LogP contribution in [-0.2, 0) is 11.2 Å². The fourth-order valence-corrected chi connectivity index (χ4v) is 3.22. The Balaban J connectivity index is 1.84. The molecule has 2 aromatic carbocycles. The molecule has 0 bridgehead atoms. The van der Waals surface area contributed by atoms with E-state index in [1.54, 1.807) is 0 Å². The van der Waals surface area contributed by atoms with Gasteiger partial charge in [-0.05, 0) is 29.7 Å². The number of aliphatic imine (C=N–C) groups is 1. The van der Waals surface area contributed by atoms with Crippen molar-refractivity contribution >= 4 is 17.8 Å². The van der Waals surface area contributed by atoms with Gasteiger partial charge in [0, 0.05) is 5.56 Å². The molecule has 0 aliphatic carbocycles. The monoisotopic (exact) mass is 411 g/mol. The second-order valence-corrected chi connectivity index (χ2v) is 6.71. The summed E-state index contributed by atoms with van der Waals surface area (Å²) in [5, 5.41) is 5.27. The summed E-state index contributed by atoms with van der Waals surface area (Å²) in [4.78, 5) is 29.5. The summed E-state index contributed by atoms with van der Waals surface area (Å²) in [6.07, 6.45) is 1.15. The molecule has 1 unspecified atom stereocenters. The SMILES string of the molecule is CCc1ccc(C2CC(=O)NC(NC(=O)c3cc(OC)c(OC)c(OC)c3)=N2)cc1. The first kappa shape index (κ1) is 21.2. The zero-order valence-corrected chi connectivity index (χ0v) is 17.4. The summed E-state index contributed by atoms with van der Waals surface area (Å²) in [6, 6.07) is 10.7. The highest BCUT2D eigenvalue weighted by Crippen LogP contribution is 2.38. The third-order valence-corrected chi connectivity index (χ3v) is 4.85. The maximum atomic E-state index is 12.8. The first-order valence-corrected chi connectivity index (χ1v) is 9.56. The van der Waals surface area contributed by atoms with Crippen LogP contribution in [0.2, 0.25) is 0 Å². The van der Waals surface area contributed by atoms with Crippen molar-refractivity contribution in [2.45, 2.75) is 25.8 Å². The Morgan fingerprint density at radius 2 is 1.73 bits per heavy atom. The standard InChI is InChI=1S/C22H25N3O5/c1-5-13-6-8-14(9-7-13)16-12-19(26)24-22(23-16)25-21(27)15-10-17(28-2)20(30-4)18(11-15)29-3/h6-11,16H,5,12H2,1-4H3,(H2,23,24,25,26,27). The molecule has 158 valence electrons. The number of carbonyl (C=O) groups excluding carboxylic acids is 2. The molecule has 0 radical (unpaired) electrons. The highest BCUT2D eigenvalue weighted by Gasteiger charge is 2.24. The normalized spacial score (nSPS) is 15.7. The Hall–Kier alpha value is -3.55. The van der Waals surface area contributed by atoms with Gasteiger partial charge in [-0.2, -0.15) is 0 Å². The van der Waals surface area contributed by atoms with E-state index in [9.17, 15) is 9.59 Å². The lowest BCUT2D eigenvalue weighted by Gasteiger charge is -2.22. The van der Waals surface area contributed by atoms with Crippen LogP contribution in [0, 0.1) is 0 Å². The van der Waals surface area contributed by atoms with Crippen molar-refractivity contribution in [2.24, 2.45) is 4.99 Å². The van der Waals surface area contributed by atoms with E-state index in [0.29, 0.717) is 17.2 Å². The van der Waals surface area contributed by atoms with Gasteiger partial charge < -0.3 is 14.2 Å². The second-order valence-electron chi connectivity index (χ2n) is 6.71. The van der Waals surface area contributed by atoms with E-state index in [4.69, 9.17) is 14.2 Å². The topological polar surface area (TPSA) is 98.3 Å². The molecule has 0 saturated carbocycles. The quantitative estimate of drug-likeness (QED) is 0.762. The predicted molar refractivity (Wildman–Crippen MR) is 112 cm³/mol. The number of rotatable bonds is 6. The minimum Gasteiger partial charge on any atom is -0.493 e. The molecule has 0 aromatic heterocycles. The Bertz CT molecular complexity index is 944. The molecule has 3 rings (SSSR count). The molecule has 8 nitrogen and oxygen atoms in total. The Labute approximate surface area is 175 Å². The Morgan fingerprint density at radius 1 is 1.10 bits per heavy atom. The number of guanidine groups is 1. The number of nitrogens with zero attached hydrogens (tertiary/aromatic N) is 1. The minimum absolute atomic E-state index is 0.106. The van der Waals surface area contributed by atoms with Gasteiger partial charge in [0.1, 0.15) is 0 Å². The average Bonchev–Trinajstić information content (AvgIpc) is 2.77. The predicted octanol–water partition coefficient (Wildman–Crippen LogP) is 2.62. The van der Waals surface area contributed by atoms with Crippen LogP contribution < -0.4 is 24.8 Å². The van der Waals surface area contributed by atoms with E-state index in [1.807, 2.05) is 24.3 Å². The number of hydrogen-bond acceptors (Lipinski definition) is 6. The van der Waals surface area contributed by atoms with Gasteiger partial charge >= 0.3 is 0 Å². The van der Waals surface area contributed by atoms with E-state index in [2.05, 4.69) is 22.5 Å². The molecule has 0 saturated heterocycles. The third-order valence-electron chi connectivity index (χ3n) is 4.85. The molecule has 0 spiro atoms. The maximum Gasteiger partial charge on any atom is 0.258 e. The number of hydrogen-bond donors (Lipinski definition) is 2. The van der Waals surface area contributed by atoms with Crippen molar-refractivity contribution in [3.63, 3.8) is 0 Å². The summed E-state index contributed by atoms with van der Waals surface area (Å²) in [5.41, 5.74) is 2.40. The van der Waals surface area contributed by atoms with E-state index in [1.165, 1.54) is 39.0 Å². The molecule has 1 atom stereocenters. The van der Waals surface area contributed by atoms with Gasteiger partial charge in [0.25, 0.3) is 5.91 Å². The molecule has 0 fully saturated rings. The number of nitrogens with one attached hydrogen (secondary N) is 2. The summed E-state index contributed by atoms with van der Waals surface area (Å²) in [7, 11) is 4.43. The van der Waals surface area contributed by atoms with Crippen LogP contribution in [0.3, 0.4) is 0 Å². The molecule has 8 heteroatoms. The molecule has 1 aliphatic heterocycles. The molecule has 2 N–H and O–H groups in total. The lowest BCUT2D eigenvalue weighted by Crippen LogP contribution is -2.47. The van der Waals surface area contributed by atoms with Crippen LogP contribution in [0.1, 0.15) is 40.9 Å². The van der Waals surface area contributed by atoms with E-state index in [0.717, 1.165) is 12.0 Å². The van der Waals surface area contributed by atoms with E-state index in [-0.39, 0.29) is 29.9 Å². The molecular formula is C22H25N3O5. The van der Waals surface area contributed by atoms with Crippen molar-refractivity contribution in [3.8, 4) is 17.2 Å². The van der Waals surface area contributed by atoms with Crippen LogP contribution in [0.4, 0.5) is 0 Å². The number of benzene rings is 2. The van der Waals surface area contributed by atoms with Gasteiger partial charge in [-0.3, -0.25) is 20.2 Å². The summed E-state index contributed by atoms with van der Waals surface area (Å²) in [6.45, 7) is 2.08. The maximum absolute atomic E-state index is 12.8. The van der Waals surface area contributed by atoms with Gasteiger partial charge in [-0.25, -0.2) is 4.99 Å². The fourth-order valence-electron chi connectivity index (χ4n) is 3.22. The lowest BCUT2D eigenvalue weighted by atomic mass is 10.0. The van der Waals surface area contributed by atoms with Crippen molar-refractivity contribution in [2.75, 3.05) is 21.3 Å². The van der Waals surface area contributed by atoms with Crippen molar-refractivity contribution < 1.29 is 23.8 Å². The Kier molecular flexibility index (Phi) is 6.56. The average molecular weight is 411 g/mol. The van der Waals surface area contributed by atoms with E-state index >= 15 is 0 Å². The molecule has 1 aliphatic rings.